The van der Waals surface area contributed by atoms with Crippen molar-refractivity contribution < 1.29 is 9.59 Å². The van der Waals surface area contributed by atoms with E-state index >= 15 is 0 Å². The van der Waals surface area contributed by atoms with E-state index in [2.05, 4.69) is 10.6 Å². The van der Waals surface area contributed by atoms with Gasteiger partial charge in [0.2, 0.25) is 5.91 Å². The van der Waals surface area contributed by atoms with Crippen LogP contribution in [-0.2, 0) is 11.2 Å². The molecular weight excluding hydrogens is 260 g/mol. The minimum Gasteiger partial charge on any atom is -0.349 e. The second-order valence-electron chi connectivity index (χ2n) is 4.96. The zero-order valence-corrected chi connectivity index (χ0v) is 11.4. The van der Waals surface area contributed by atoms with E-state index in [0.29, 0.717) is 12.0 Å². The Morgan fingerprint density at radius 1 is 1.32 bits per heavy atom. The van der Waals surface area contributed by atoms with Crippen molar-refractivity contribution in [3.8, 4) is 0 Å². The summed E-state index contributed by atoms with van der Waals surface area (Å²) in [6.07, 6.45) is 2.49. The van der Waals surface area contributed by atoms with Gasteiger partial charge in [0.1, 0.15) is 0 Å². The lowest BCUT2D eigenvalue weighted by Crippen LogP contribution is -2.37. The molecule has 1 aromatic carbocycles. The van der Waals surface area contributed by atoms with E-state index < -0.39 is 0 Å². The molecule has 19 heavy (non-hydrogen) atoms. The molecule has 0 spiro atoms. The van der Waals surface area contributed by atoms with Gasteiger partial charge in [-0.05, 0) is 42.0 Å². The first-order valence-electron chi connectivity index (χ1n) is 6.54. The predicted octanol–water partition coefficient (Wildman–Crippen LogP) is 1.81. The number of hydrogen-bond acceptors (Lipinski definition) is 3. The van der Waals surface area contributed by atoms with Crippen LogP contribution in [0.4, 0.5) is 5.69 Å². The summed E-state index contributed by atoms with van der Waals surface area (Å²) in [6.45, 7) is 0. The summed E-state index contributed by atoms with van der Waals surface area (Å²) in [5.74, 6) is 2.19. The number of carbonyl (C=O) groups is 2. The molecule has 100 valence electrons. The number of anilines is 1. The molecule has 3 rings (SSSR count). The summed E-state index contributed by atoms with van der Waals surface area (Å²) in [5, 5.41) is 5.85. The van der Waals surface area contributed by atoms with Crippen molar-refractivity contribution in [2.45, 2.75) is 25.3 Å². The molecule has 1 saturated heterocycles. The Bertz CT molecular complexity index is 524. The number of hydrogen-bond donors (Lipinski definition) is 2. The van der Waals surface area contributed by atoms with Crippen molar-refractivity contribution in [3.63, 3.8) is 0 Å². The topological polar surface area (TPSA) is 58.2 Å². The van der Waals surface area contributed by atoms with Crippen LogP contribution >= 0.6 is 11.8 Å². The Hall–Kier alpha value is -1.49. The third kappa shape index (κ3) is 2.76. The fraction of sp³-hybridized carbons (Fsp3) is 0.429. The SMILES string of the molecule is O=C1Cc2ccc(C(=O)NC3CCSCC3)cc2N1. The molecule has 0 radical (unpaired) electrons. The number of thioether (sulfide) groups is 1. The lowest BCUT2D eigenvalue weighted by atomic mass is 10.1. The van der Waals surface area contributed by atoms with Gasteiger partial charge < -0.3 is 10.6 Å². The van der Waals surface area contributed by atoms with Crippen LogP contribution in [0.1, 0.15) is 28.8 Å². The Labute approximate surface area is 116 Å². The first-order chi connectivity index (χ1) is 9.22. The summed E-state index contributed by atoms with van der Waals surface area (Å²) in [7, 11) is 0. The summed E-state index contributed by atoms with van der Waals surface area (Å²) < 4.78 is 0. The van der Waals surface area contributed by atoms with E-state index in [9.17, 15) is 9.59 Å². The molecule has 5 heteroatoms. The molecule has 0 unspecified atom stereocenters. The lowest BCUT2D eigenvalue weighted by molar-refractivity contribution is -0.115. The van der Waals surface area contributed by atoms with E-state index in [4.69, 9.17) is 0 Å². The maximum atomic E-state index is 12.2. The van der Waals surface area contributed by atoms with Crippen molar-refractivity contribution >= 4 is 29.3 Å². The minimum atomic E-state index is -0.0409. The highest BCUT2D eigenvalue weighted by atomic mass is 32.2. The van der Waals surface area contributed by atoms with Gasteiger partial charge >= 0.3 is 0 Å². The van der Waals surface area contributed by atoms with E-state index in [1.807, 2.05) is 17.8 Å². The van der Waals surface area contributed by atoms with E-state index in [0.717, 1.165) is 35.6 Å². The highest BCUT2D eigenvalue weighted by molar-refractivity contribution is 7.99. The molecular formula is C14H16N2O2S. The van der Waals surface area contributed by atoms with Gasteiger partial charge in [0.15, 0.2) is 0 Å². The third-order valence-corrected chi connectivity index (χ3v) is 4.60. The fourth-order valence-corrected chi connectivity index (χ4v) is 3.57. The number of fused-ring (bicyclic) bond motifs is 1. The standard InChI is InChI=1S/C14H16N2O2S/c17-13-8-9-1-2-10(7-12(9)16-13)14(18)15-11-3-5-19-6-4-11/h1-2,7,11H,3-6,8H2,(H,15,18)(H,16,17). The van der Waals surface area contributed by atoms with Crippen LogP contribution in [0.2, 0.25) is 0 Å². The van der Waals surface area contributed by atoms with Gasteiger partial charge in [0, 0.05) is 17.3 Å². The molecule has 0 aromatic heterocycles. The van der Waals surface area contributed by atoms with Crippen molar-refractivity contribution in [3.05, 3.63) is 29.3 Å². The molecule has 0 bridgehead atoms. The number of carbonyl (C=O) groups excluding carboxylic acids is 2. The van der Waals surface area contributed by atoms with E-state index in [1.54, 1.807) is 12.1 Å². The van der Waals surface area contributed by atoms with E-state index in [1.165, 1.54) is 0 Å². The first-order valence-corrected chi connectivity index (χ1v) is 7.69. The Morgan fingerprint density at radius 2 is 2.11 bits per heavy atom. The van der Waals surface area contributed by atoms with Crippen molar-refractivity contribution in [1.82, 2.24) is 5.32 Å². The first kappa shape index (κ1) is 12.5. The third-order valence-electron chi connectivity index (χ3n) is 3.55. The van der Waals surface area contributed by atoms with Crippen LogP contribution in [0.5, 0.6) is 0 Å². The van der Waals surface area contributed by atoms with Crippen molar-refractivity contribution in [2.24, 2.45) is 0 Å². The van der Waals surface area contributed by atoms with Gasteiger partial charge in [-0.3, -0.25) is 9.59 Å². The number of nitrogens with one attached hydrogen (secondary N) is 2. The molecule has 2 amide bonds. The van der Waals surface area contributed by atoms with E-state index in [-0.39, 0.29) is 17.9 Å². The van der Waals surface area contributed by atoms with Crippen LogP contribution in [0.25, 0.3) is 0 Å². The smallest absolute Gasteiger partial charge is 0.251 e. The molecule has 4 nitrogen and oxygen atoms in total. The van der Waals surface area contributed by atoms with Crippen LogP contribution in [0.15, 0.2) is 18.2 Å². The molecule has 2 aliphatic rings. The average Bonchev–Trinajstić information content (AvgIpc) is 2.78. The number of rotatable bonds is 2. The maximum absolute atomic E-state index is 12.2. The highest BCUT2D eigenvalue weighted by Gasteiger charge is 2.21. The number of amides is 2. The van der Waals surface area contributed by atoms with Crippen molar-refractivity contribution in [2.75, 3.05) is 16.8 Å². The van der Waals surface area contributed by atoms with Gasteiger partial charge in [-0.15, -0.1) is 0 Å². The van der Waals surface area contributed by atoms with Gasteiger partial charge in [0.05, 0.1) is 6.42 Å². The summed E-state index contributed by atoms with van der Waals surface area (Å²) in [5.41, 5.74) is 2.37. The maximum Gasteiger partial charge on any atom is 0.251 e. The Kier molecular flexibility index (Phi) is 3.46. The van der Waals surface area contributed by atoms with Crippen molar-refractivity contribution in [1.29, 1.82) is 0 Å². The number of benzene rings is 1. The molecule has 0 atom stereocenters. The second kappa shape index (κ2) is 5.25. The molecule has 2 N–H and O–H groups in total. The zero-order chi connectivity index (χ0) is 13.2. The second-order valence-corrected chi connectivity index (χ2v) is 6.18. The molecule has 2 aliphatic heterocycles. The summed E-state index contributed by atoms with van der Waals surface area (Å²) in [4.78, 5) is 23.4. The fourth-order valence-electron chi connectivity index (χ4n) is 2.47. The van der Waals surface area contributed by atoms with Crippen LogP contribution < -0.4 is 10.6 Å². The molecule has 0 aliphatic carbocycles. The largest absolute Gasteiger partial charge is 0.349 e. The normalized spacial score (nSPS) is 18.8. The average molecular weight is 276 g/mol. The Morgan fingerprint density at radius 3 is 2.89 bits per heavy atom. The van der Waals surface area contributed by atoms with Crippen LogP contribution in [0, 0.1) is 0 Å². The molecule has 0 saturated carbocycles. The molecule has 1 aromatic rings. The quantitative estimate of drug-likeness (QED) is 0.866. The van der Waals surface area contributed by atoms with Gasteiger partial charge in [-0.1, -0.05) is 6.07 Å². The van der Waals surface area contributed by atoms with Crippen LogP contribution in [0.3, 0.4) is 0 Å². The lowest BCUT2D eigenvalue weighted by Gasteiger charge is -2.22. The summed E-state index contributed by atoms with van der Waals surface area (Å²) >= 11 is 1.94. The minimum absolute atomic E-state index is 0.00290. The monoisotopic (exact) mass is 276 g/mol. The van der Waals surface area contributed by atoms with Crippen LogP contribution in [-0.4, -0.2) is 29.4 Å². The molecule has 1 fully saturated rings. The zero-order valence-electron chi connectivity index (χ0n) is 10.6. The predicted molar refractivity (Wildman–Crippen MR) is 76.6 cm³/mol. The van der Waals surface area contributed by atoms with Gasteiger partial charge in [-0.2, -0.15) is 11.8 Å². The van der Waals surface area contributed by atoms with Gasteiger partial charge in [0.25, 0.3) is 5.91 Å². The molecule has 2 heterocycles. The van der Waals surface area contributed by atoms with Gasteiger partial charge in [-0.25, -0.2) is 0 Å². The summed E-state index contributed by atoms with van der Waals surface area (Å²) in [6, 6.07) is 5.72. The Balaban J connectivity index is 1.70. The highest BCUT2D eigenvalue weighted by Crippen LogP contribution is 2.24.